The summed E-state index contributed by atoms with van der Waals surface area (Å²) in [5.41, 5.74) is 3.34. The van der Waals surface area contributed by atoms with Gasteiger partial charge in [0.1, 0.15) is 0 Å². The molecule has 1 N–H and O–H groups in total. The Morgan fingerprint density at radius 1 is 1.10 bits per heavy atom. The van der Waals surface area contributed by atoms with E-state index in [0.717, 1.165) is 40.5 Å². The molecule has 1 heterocycles. The van der Waals surface area contributed by atoms with E-state index in [-0.39, 0.29) is 17.2 Å². The van der Waals surface area contributed by atoms with E-state index in [1.165, 1.54) is 11.8 Å². The Morgan fingerprint density at radius 3 is 2.48 bits per heavy atom. The third-order valence-corrected chi connectivity index (χ3v) is 6.10. The van der Waals surface area contributed by atoms with Gasteiger partial charge < -0.3 is 9.88 Å². The summed E-state index contributed by atoms with van der Waals surface area (Å²) in [4.78, 5) is 12.9. The highest BCUT2D eigenvalue weighted by Gasteiger charge is 2.22. The van der Waals surface area contributed by atoms with Crippen molar-refractivity contribution in [3.8, 4) is 11.4 Å². The molecule has 6 heteroatoms. The van der Waals surface area contributed by atoms with Gasteiger partial charge >= 0.3 is 0 Å². The Labute approximate surface area is 176 Å². The van der Waals surface area contributed by atoms with Crippen molar-refractivity contribution in [2.75, 3.05) is 0 Å². The van der Waals surface area contributed by atoms with Crippen LogP contribution in [0.2, 0.25) is 0 Å². The second-order valence-electron chi connectivity index (χ2n) is 7.20. The zero-order valence-corrected chi connectivity index (χ0v) is 18.2. The zero-order valence-electron chi connectivity index (χ0n) is 17.4. The van der Waals surface area contributed by atoms with E-state index in [4.69, 9.17) is 0 Å². The molecule has 3 aromatic rings. The fourth-order valence-corrected chi connectivity index (χ4v) is 4.10. The minimum atomic E-state index is -0.273. The Balaban J connectivity index is 1.70. The molecule has 0 fully saturated rings. The minimum absolute atomic E-state index is 0.0118. The largest absolute Gasteiger partial charge is 0.348 e. The average molecular weight is 409 g/mol. The quantitative estimate of drug-likeness (QED) is 0.537. The van der Waals surface area contributed by atoms with Gasteiger partial charge in [0, 0.05) is 12.6 Å². The molecule has 0 saturated carbocycles. The first-order valence-corrected chi connectivity index (χ1v) is 10.9. The molecule has 3 rings (SSSR count). The van der Waals surface area contributed by atoms with E-state index in [9.17, 15) is 4.79 Å². The molecule has 1 aromatic heterocycles. The summed E-state index contributed by atoms with van der Waals surface area (Å²) < 4.78 is 1.96. The number of carbonyl (C=O) groups is 1. The molecule has 0 saturated heterocycles. The first-order valence-electron chi connectivity index (χ1n) is 9.98. The monoisotopic (exact) mass is 408 g/mol. The molecule has 29 heavy (non-hydrogen) atoms. The van der Waals surface area contributed by atoms with Crippen LogP contribution in [0, 0.1) is 6.92 Å². The number of nitrogens with zero attached hydrogens (tertiary/aromatic N) is 3. The van der Waals surface area contributed by atoms with E-state index < -0.39 is 0 Å². The number of hydrogen-bond acceptors (Lipinski definition) is 4. The Kier molecular flexibility index (Phi) is 7.09. The van der Waals surface area contributed by atoms with Crippen molar-refractivity contribution in [2.45, 2.75) is 50.1 Å². The van der Waals surface area contributed by atoms with Crippen LogP contribution in [0.3, 0.4) is 0 Å². The lowest BCUT2D eigenvalue weighted by Gasteiger charge is -2.21. The first kappa shape index (κ1) is 21.1. The van der Waals surface area contributed by atoms with Gasteiger partial charge in [-0.2, -0.15) is 0 Å². The number of benzene rings is 2. The molecule has 0 aliphatic rings. The second kappa shape index (κ2) is 9.74. The van der Waals surface area contributed by atoms with Crippen LogP contribution in [-0.2, 0) is 11.8 Å². The summed E-state index contributed by atoms with van der Waals surface area (Å²) in [7, 11) is 1.94. The number of amides is 1. The number of rotatable bonds is 8. The summed E-state index contributed by atoms with van der Waals surface area (Å²) >= 11 is 1.43. The topological polar surface area (TPSA) is 59.8 Å². The SMILES string of the molecule is CCC[C@@H](NC(=O)[C@H](C)Sc1nnc(-c2ccccc2C)n1C)c1ccccc1. The van der Waals surface area contributed by atoms with E-state index in [0.29, 0.717) is 0 Å². The van der Waals surface area contributed by atoms with Crippen molar-refractivity contribution in [1.29, 1.82) is 0 Å². The fourth-order valence-electron chi connectivity index (χ4n) is 3.27. The lowest BCUT2D eigenvalue weighted by Crippen LogP contribution is -2.34. The van der Waals surface area contributed by atoms with E-state index >= 15 is 0 Å². The van der Waals surface area contributed by atoms with Crippen molar-refractivity contribution < 1.29 is 4.79 Å². The van der Waals surface area contributed by atoms with Crippen LogP contribution in [0.15, 0.2) is 59.8 Å². The maximum atomic E-state index is 12.9. The Morgan fingerprint density at radius 2 is 1.79 bits per heavy atom. The normalized spacial score (nSPS) is 13.1. The molecule has 5 nitrogen and oxygen atoms in total. The highest BCUT2D eigenvalue weighted by atomic mass is 32.2. The van der Waals surface area contributed by atoms with Crippen molar-refractivity contribution in [3.05, 3.63) is 65.7 Å². The zero-order chi connectivity index (χ0) is 20.8. The van der Waals surface area contributed by atoms with Gasteiger partial charge in [-0.1, -0.05) is 79.7 Å². The standard InChI is InChI=1S/C23H28N4OS/c1-5-11-20(18-13-7-6-8-14-18)24-22(28)17(3)29-23-26-25-21(27(23)4)19-15-10-9-12-16(19)2/h6-10,12-15,17,20H,5,11H2,1-4H3,(H,24,28)/t17-,20+/m0/s1. The maximum Gasteiger partial charge on any atom is 0.233 e. The smallest absolute Gasteiger partial charge is 0.233 e. The minimum Gasteiger partial charge on any atom is -0.348 e. The van der Waals surface area contributed by atoms with Gasteiger partial charge in [-0.05, 0) is 31.4 Å². The van der Waals surface area contributed by atoms with E-state index in [1.54, 1.807) is 0 Å². The molecule has 2 atom stereocenters. The van der Waals surface area contributed by atoms with Crippen molar-refractivity contribution in [1.82, 2.24) is 20.1 Å². The van der Waals surface area contributed by atoms with Crippen LogP contribution >= 0.6 is 11.8 Å². The van der Waals surface area contributed by atoms with Crippen LogP contribution in [0.25, 0.3) is 11.4 Å². The van der Waals surface area contributed by atoms with Gasteiger partial charge in [-0.25, -0.2) is 0 Å². The molecule has 0 aliphatic carbocycles. The van der Waals surface area contributed by atoms with Gasteiger partial charge in [0.15, 0.2) is 11.0 Å². The predicted molar refractivity (Wildman–Crippen MR) is 119 cm³/mol. The van der Waals surface area contributed by atoms with Gasteiger partial charge in [0.25, 0.3) is 0 Å². The van der Waals surface area contributed by atoms with Crippen LogP contribution in [-0.4, -0.2) is 25.9 Å². The molecule has 2 aromatic carbocycles. The molecule has 0 aliphatic heterocycles. The summed E-state index contributed by atoms with van der Waals surface area (Å²) in [6.45, 7) is 6.10. The molecular formula is C23H28N4OS. The third-order valence-electron chi connectivity index (χ3n) is 4.97. The second-order valence-corrected chi connectivity index (χ2v) is 8.51. The molecule has 0 spiro atoms. The number of aromatic nitrogens is 3. The summed E-state index contributed by atoms with van der Waals surface area (Å²) in [5, 5.41) is 12.3. The van der Waals surface area contributed by atoms with Gasteiger partial charge in [-0.15, -0.1) is 10.2 Å². The average Bonchev–Trinajstić information content (AvgIpc) is 3.08. The molecule has 152 valence electrons. The number of aryl methyl sites for hydroxylation is 1. The van der Waals surface area contributed by atoms with Gasteiger partial charge in [0.2, 0.25) is 5.91 Å². The molecule has 0 unspecified atom stereocenters. The number of carbonyl (C=O) groups excluding carboxylic acids is 1. The first-order chi connectivity index (χ1) is 14.0. The lowest BCUT2D eigenvalue weighted by atomic mass is 10.0. The van der Waals surface area contributed by atoms with Crippen LogP contribution in [0.5, 0.6) is 0 Å². The Hall–Kier alpha value is -2.60. The van der Waals surface area contributed by atoms with Gasteiger partial charge in [0.05, 0.1) is 11.3 Å². The molecule has 0 bridgehead atoms. The number of nitrogens with one attached hydrogen (secondary N) is 1. The highest BCUT2D eigenvalue weighted by molar-refractivity contribution is 8.00. The molecule has 0 radical (unpaired) electrons. The Bertz CT molecular complexity index is 955. The maximum absolute atomic E-state index is 12.9. The summed E-state index contributed by atoms with van der Waals surface area (Å²) in [6.07, 6.45) is 1.92. The van der Waals surface area contributed by atoms with Crippen molar-refractivity contribution in [3.63, 3.8) is 0 Å². The van der Waals surface area contributed by atoms with E-state index in [1.807, 2.05) is 54.9 Å². The van der Waals surface area contributed by atoms with Gasteiger partial charge in [-0.3, -0.25) is 4.79 Å². The number of hydrogen-bond donors (Lipinski definition) is 1. The molecule has 1 amide bonds. The van der Waals surface area contributed by atoms with Crippen molar-refractivity contribution >= 4 is 17.7 Å². The fraction of sp³-hybridized carbons (Fsp3) is 0.348. The number of thioether (sulfide) groups is 1. The highest BCUT2D eigenvalue weighted by Crippen LogP contribution is 2.28. The molecular weight excluding hydrogens is 380 g/mol. The lowest BCUT2D eigenvalue weighted by molar-refractivity contribution is -0.121. The van der Waals surface area contributed by atoms with Crippen LogP contribution < -0.4 is 5.32 Å². The van der Waals surface area contributed by atoms with E-state index in [2.05, 4.69) is 47.6 Å². The van der Waals surface area contributed by atoms with Crippen molar-refractivity contribution in [2.24, 2.45) is 7.05 Å². The summed E-state index contributed by atoms with van der Waals surface area (Å²) in [6, 6.07) is 18.3. The third kappa shape index (κ3) is 5.07. The van der Waals surface area contributed by atoms with Crippen LogP contribution in [0.1, 0.15) is 43.9 Å². The van der Waals surface area contributed by atoms with Crippen LogP contribution in [0.4, 0.5) is 0 Å². The predicted octanol–water partition coefficient (Wildman–Crippen LogP) is 4.93. The summed E-state index contributed by atoms with van der Waals surface area (Å²) in [5.74, 6) is 0.823.